The molecule has 5 heteroatoms. The fourth-order valence-corrected chi connectivity index (χ4v) is 4.36. The van der Waals surface area contributed by atoms with Crippen LogP contribution in [0.25, 0.3) is 10.8 Å². The molecule has 1 aliphatic rings. The second-order valence-electron chi connectivity index (χ2n) is 6.89. The second-order valence-corrected chi connectivity index (χ2v) is 8.05. The van der Waals surface area contributed by atoms with E-state index in [1.807, 2.05) is 53.6 Å². The van der Waals surface area contributed by atoms with Crippen molar-refractivity contribution >= 4 is 45.1 Å². The number of nitrogens with one attached hydrogen (secondary N) is 1. The maximum Gasteiger partial charge on any atom is 0.255 e. The van der Waals surface area contributed by atoms with Crippen molar-refractivity contribution in [1.29, 1.82) is 0 Å². The summed E-state index contributed by atoms with van der Waals surface area (Å²) >= 11 is 2.25. The van der Waals surface area contributed by atoms with E-state index in [1.165, 1.54) is 5.39 Å². The number of piperidine rings is 1. The van der Waals surface area contributed by atoms with Crippen molar-refractivity contribution in [1.82, 2.24) is 9.88 Å². The largest absolute Gasteiger partial charge is 0.367 e. The fourth-order valence-electron chi connectivity index (χ4n) is 3.74. The first-order valence-electron chi connectivity index (χ1n) is 9.37. The summed E-state index contributed by atoms with van der Waals surface area (Å²) in [6, 6.07) is 18.3. The number of likely N-dealkylation sites (tertiary alicyclic amines) is 1. The number of halogens is 1. The summed E-state index contributed by atoms with van der Waals surface area (Å²) in [5.41, 5.74) is 0.799. The van der Waals surface area contributed by atoms with Gasteiger partial charge in [-0.05, 0) is 65.4 Å². The van der Waals surface area contributed by atoms with E-state index >= 15 is 0 Å². The number of aromatic nitrogens is 1. The Hall–Kier alpha value is -2.15. The number of nitrogens with zero attached hydrogens (tertiary/aromatic N) is 2. The molecule has 4 nitrogen and oxygen atoms in total. The molecule has 1 unspecified atom stereocenters. The lowest BCUT2D eigenvalue weighted by molar-refractivity contribution is 0.0627. The summed E-state index contributed by atoms with van der Waals surface area (Å²) in [4.78, 5) is 19.7. The average molecular weight is 471 g/mol. The predicted molar refractivity (Wildman–Crippen MR) is 118 cm³/mol. The van der Waals surface area contributed by atoms with Crippen LogP contribution in [0.15, 0.2) is 60.8 Å². The fraction of sp³-hybridized carbons (Fsp3) is 0.273. The zero-order valence-electron chi connectivity index (χ0n) is 15.1. The first-order chi connectivity index (χ1) is 13.2. The van der Waals surface area contributed by atoms with Crippen LogP contribution in [0.5, 0.6) is 0 Å². The number of rotatable bonds is 4. The zero-order chi connectivity index (χ0) is 18.6. The van der Waals surface area contributed by atoms with Crippen molar-refractivity contribution in [2.24, 2.45) is 0 Å². The van der Waals surface area contributed by atoms with E-state index in [0.29, 0.717) is 0 Å². The molecule has 1 aromatic heterocycles. The highest BCUT2D eigenvalue weighted by Crippen LogP contribution is 2.24. The topological polar surface area (TPSA) is 45.2 Å². The number of carbonyl (C=O) groups is 1. The molecule has 2 aromatic carbocycles. The maximum absolute atomic E-state index is 13.1. The molecule has 1 aliphatic heterocycles. The van der Waals surface area contributed by atoms with E-state index in [9.17, 15) is 4.79 Å². The van der Waals surface area contributed by atoms with Gasteiger partial charge >= 0.3 is 0 Å². The van der Waals surface area contributed by atoms with Gasteiger partial charge in [0, 0.05) is 34.3 Å². The third-order valence-electron chi connectivity index (χ3n) is 5.17. The molecule has 4 rings (SSSR count). The van der Waals surface area contributed by atoms with E-state index in [0.717, 1.165) is 52.7 Å². The lowest BCUT2D eigenvalue weighted by Crippen LogP contribution is -2.47. The number of benzene rings is 2. The van der Waals surface area contributed by atoms with Crippen molar-refractivity contribution in [2.75, 3.05) is 18.4 Å². The van der Waals surface area contributed by atoms with Gasteiger partial charge in [0.25, 0.3) is 5.91 Å². The predicted octanol–water partition coefficient (Wildman–Crippen LogP) is 4.95. The van der Waals surface area contributed by atoms with Crippen LogP contribution in [-0.4, -0.2) is 34.9 Å². The van der Waals surface area contributed by atoms with Crippen LogP contribution in [-0.2, 0) is 0 Å². The molecule has 27 heavy (non-hydrogen) atoms. The molecule has 2 heterocycles. The van der Waals surface area contributed by atoms with Gasteiger partial charge in [-0.3, -0.25) is 4.79 Å². The van der Waals surface area contributed by atoms with Gasteiger partial charge in [0.05, 0.1) is 5.56 Å². The zero-order valence-corrected chi connectivity index (χ0v) is 17.2. The highest BCUT2D eigenvalue weighted by Gasteiger charge is 2.28. The third kappa shape index (κ3) is 3.93. The third-order valence-corrected chi connectivity index (χ3v) is 6.11. The Morgan fingerprint density at radius 3 is 2.81 bits per heavy atom. The number of pyridine rings is 1. The Balaban J connectivity index is 1.53. The van der Waals surface area contributed by atoms with Gasteiger partial charge in [-0.1, -0.05) is 36.4 Å². The van der Waals surface area contributed by atoms with Crippen molar-refractivity contribution < 1.29 is 4.79 Å². The molecule has 0 spiro atoms. The van der Waals surface area contributed by atoms with Crippen LogP contribution in [0.2, 0.25) is 0 Å². The van der Waals surface area contributed by atoms with Crippen LogP contribution in [0.1, 0.15) is 29.6 Å². The van der Waals surface area contributed by atoms with Gasteiger partial charge in [-0.15, -0.1) is 0 Å². The molecule has 0 aliphatic carbocycles. The van der Waals surface area contributed by atoms with E-state index in [4.69, 9.17) is 0 Å². The number of hydrogen-bond donors (Lipinski definition) is 1. The van der Waals surface area contributed by atoms with Gasteiger partial charge in [-0.25, -0.2) is 4.98 Å². The Kier molecular flexibility index (Phi) is 5.57. The minimum absolute atomic E-state index is 0.136. The van der Waals surface area contributed by atoms with Gasteiger partial charge < -0.3 is 10.2 Å². The van der Waals surface area contributed by atoms with Crippen molar-refractivity contribution in [3.8, 4) is 0 Å². The standard InChI is InChI=1S/C22H22IN3O/c23-20-11-4-3-10-19(20)22(27)26-14-6-5-8-17(26)15-25-21-18-9-2-1-7-16(18)12-13-24-21/h1-4,7,9-13,17H,5-6,8,14-15H2,(H,24,25). The van der Waals surface area contributed by atoms with Crippen LogP contribution in [0.4, 0.5) is 5.82 Å². The molecule has 1 fully saturated rings. The monoisotopic (exact) mass is 471 g/mol. The molecule has 0 bridgehead atoms. The normalized spacial score (nSPS) is 17.1. The number of amides is 1. The van der Waals surface area contributed by atoms with Crippen LogP contribution in [0.3, 0.4) is 0 Å². The number of anilines is 1. The summed E-state index contributed by atoms with van der Waals surface area (Å²) in [7, 11) is 0. The quantitative estimate of drug-likeness (QED) is 0.548. The molecule has 1 saturated heterocycles. The van der Waals surface area contributed by atoms with Crippen molar-refractivity contribution in [3.63, 3.8) is 0 Å². The minimum Gasteiger partial charge on any atom is -0.367 e. The molecule has 1 N–H and O–H groups in total. The summed E-state index contributed by atoms with van der Waals surface area (Å²) in [5.74, 6) is 1.03. The molecular formula is C22H22IN3O. The smallest absolute Gasteiger partial charge is 0.255 e. The van der Waals surface area contributed by atoms with Crippen LogP contribution in [0, 0.1) is 3.57 Å². The van der Waals surface area contributed by atoms with E-state index < -0.39 is 0 Å². The number of fused-ring (bicyclic) bond motifs is 1. The first-order valence-corrected chi connectivity index (χ1v) is 10.4. The van der Waals surface area contributed by atoms with Crippen molar-refractivity contribution in [3.05, 3.63) is 69.9 Å². The molecule has 0 saturated carbocycles. The van der Waals surface area contributed by atoms with Crippen molar-refractivity contribution in [2.45, 2.75) is 25.3 Å². The molecule has 1 atom stereocenters. The van der Waals surface area contributed by atoms with Crippen LogP contribution < -0.4 is 5.32 Å². The van der Waals surface area contributed by atoms with Gasteiger partial charge in [-0.2, -0.15) is 0 Å². The Morgan fingerprint density at radius 1 is 1.11 bits per heavy atom. The summed E-state index contributed by atoms with van der Waals surface area (Å²) in [5, 5.41) is 5.79. The first kappa shape index (κ1) is 18.2. The maximum atomic E-state index is 13.1. The molecular weight excluding hydrogens is 449 g/mol. The van der Waals surface area contributed by atoms with E-state index in [1.54, 1.807) is 0 Å². The lowest BCUT2D eigenvalue weighted by Gasteiger charge is -2.36. The number of hydrogen-bond acceptors (Lipinski definition) is 3. The Morgan fingerprint density at radius 2 is 1.93 bits per heavy atom. The number of carbonyl (C=O) groups excluding carboxylic acids is 1. The minimum atomic E-state index is 0.136. The Bertz CT molecular complexity index is 954. The summed E-state index contributed by atoms with van der Waals surface area (Å²) in [6.07, 6.45) is 5.08. The van der Waals surface area contributed by atoms with Gasteiger partial charge in [0.15, 0.2) is 0 Å². The van der Waals surface area contributed by atoms with E-state index in [-0.39, 0.29) is 11.9 Å². The highest BCUT2D eigenvalue weighted by molar-refractivity contribution is 14.1. The van der Waals surface area contributed by atoms with Gasteiger partial charge in [0.1, 0.15) is 5.82 Å². The van der Waals surface area contributed by atoms with Crippen LogP contribution >= 0.6 is 22.6 Å². The lowest BCUT2D eigenvalue weighted by atomic mass is 10.0. The Labute approximate surface area is 173 Å². The summed E-state index contributed by atoms with van der Waals surface area (Å²) in [6.45, 7) is 1.54. The molecule has 138 valence electrons. The molecule has 0 radical (unpaired) electrons. The summed E-state index contributed by atoms with van der Waals surface area (Å²) < 4.78 is 1.01. The second kappa shape index (κ2) is 8.25. The van der Waals surface area contributed by atoms with Gasteiger partial charge in [0.2, 0.25) is 0 Å². The highest BCUT2D eigenvalue weighted by atomic mass is 127. The average Bonchev–Trinajstić information content (AvgIpc) is 2.72. The molecule has 3 aromatic rings. The SMILES string of the molecule is O=C(c1ccccc1I)N1CCCCC1CNc1nccc2ccccc12. The molecule has 1 amide bonds. The van der Waals surface area contributed by atoms with E-state index in [2.05, 4.69) is 45.0 Å².